The lowest BCUT2D eigenvalue weighted by molar-refractivity contribution is -0.281. The van der Waals surface area contributed by atoms with Gasteiger partial charge in [0.25, 0.3) is 0 Å². The maximum absolute atomic E-state index is 11.8. The number of ether oxygens (including phenoxy) is 3. The third-order valence-electron chi connectivity index (χ3n) is 4.46. The molecule has 3 rings (SSSR count). The lowest BCUT2D eigenvalue weighted by Gasteiger charge is -2.44. The minimum Gasteiger partial charge on any atom is -0.462 e. The first-order chi connectivity index (χ1) is 12.1. The maximum atomic E-state index is 11.8. The van der Waals surface area contributed by atoms with Gasteiger partial charge in [-0.3, -0.25) is 0 Å². The third kappa shape index (κ3) is 4.48. The number of esters is 1. The van der Waals surface area contributed by atoms with Crippen molar-refractivity contribution in [3.8, 4) is 0 Å². The van der Waals surface area contributed by atoms with E-state index in [4.69, 9.17) is 26.4 Å². The Morgan fingerprint density at radius 2 is 2.04 bits per heavy atom. The van der Waals surface area contributed by atoms with Crippen LogP contribution >= 0.6 is 12.2 Å². The first-order valence-corrected chi connectivity index (χ1v) is 9.14. The van der Waals surface area contributed by atoms with Crippen molar-refractivity contribution in [1.82, 2.24) is 4.90 Å². The van der Waals surface area contributed by atoms with Crippen molar-refractivity contribution in [3.05, 3.63) is 29.8 Å². The molecular formula is C18H24N2O4S. The summed E-state index contributed by atoms with van der Waals surface area (Å²) in [5.74, 6) is -0.752. The number of benzene rings is 1. The fraction of sp³-hybridized carbons (Fsp3) is 0.556. The molecule has 2 aliphatic rings. The third-order valence-corrected chi connectivity index (χ3v) is 4.82. The van der Waals surface area contributed by atoms with Crippen molar-refractivity contribution in [3.63, 3.8) is 0 Å². The highest BCUT2D eigenvalue weighted by Gasteiger charge is 2.38. The van der Waals surface area contributed by atoms with E-state index in [9.17, 15) is 4.79 Å². The van der Waals surface area contributed by atoms with Crippen LogP contribution < -0.4 is 5.32 Å². The second kappa shape index (κ2) is 8.12. The molecule has 0 aromatic heterocycles. The van der Waals surface area contributed by atoms with Crippen LogP contribution in [0.25, 0.3) is 0 Å². The Morgan fingerprint density at radius 1 is 1.32 bits per heavy atom. The van der Waals surface area contributed by atoms with Crippen LogP contribution in [0.5, 0.6) is 0 Å². The van der Waals surface area contributed by atoms with E-state index in [0.717, 1.165) is 51.3 Å². The van der Waals surface area contributed by atoms with Gasteiger partial charge in [0.1, 0.15) is 0 Å². The lowest BCUT2D eigenvalue weighted by Crippen LogP contribution is -2.52. The molecule has 7 heteroatoms. The highest BCUT2D eigenvalue weighted by atomic mass is 32.1. The fourth-order valence-electron chi connectivity index (χ4n) is 3.10. The van der Waals surface area contributed by atoms with E-state index in [1.165, 1.54) is 0 Å². The molecule has 2 fully saturated rings. The molecule has 25 heavy (non-hydrogen) atoms. The summed E-state index contributed by atoms with van der Waals surface area (Å²) in [7, 11) is 0. The summed E-state index contributed by atoms with van der Waals surface area (Å²) in [4.78, 5) is 13.9. The van der Waals surface area contributed by atoms with E-state index in [2.05, 4.69) is 10.2 Å². The second-order valence-corrected chi connectivity index (χ2v) is 6.57. The molecule has 0 unspecified atom stereocenters. The molecule has 0 atom stereocenters. The monoisotopic (exact) mass is 364 g/mol. The van der Waals surface area contributed by atoms with Crippen LogP contribution in [0, 0.1) is 0 Å². The molecule has 1 spiro atoms. The molecule has 0 saturated carbocycles. The van der Waals surface area contributed by atoms with Crippen molar-refractivity contribution in [2.45, 2.75) is 32.0 Å². The van der Waals surface area contributed by atoms with Gasteiger partial charge in [-0.05, 0) is 43.8 Å². The Morgan fingerprint density at radius 3 is 2.72 bits per heavy atom. The summed E-state index contributed by atoms with van der Waals surface area (Å²) >= 11 is 5.52. The predicted octanol–water partition coefficient (Wildman–Crippen LogP) is 2.79. The van der Waals surface area contributed by atoms with Crippen LogP contribution in [0.4, 0.5) is 5.69 Å². The van der Waals surface area contributed by atoms with Gasteiger partial charge in [0.2, 0.25) is 0 Å². The summed E-state index contributed by atoms with van der Waals surface area (Å²) in [5, 5.41) is 3.85. The predicted molar refractivity (Wildman–Crippen MR) is 98.7 cm³/mol. The van der Waals surface area contributed by atoms with E-state index < -0.39 is 5.79 Å². The topological polar surface area (TPSA) is 60.0 Å². The molecule has 0 amide bonds. The molecule has 0 aliphatic carbocycles. The SMILES string of the molecule is CCOC(=O)c1cccc(NC(=S)N2CCC3(CC2)OCCCO3)c1. The molecule has 0 bridgehead atoms. The molecule has 1 aromatic carbocycles. The Labute approximate surface area is 153 Å². The van der Waals surface area contributed by atoms with Gasteiger partial charge in [-0.2, -0.15) is 0 Å². The van der Waals surface area contributed by atoms with Gasteiger partial charge in [-0.1, -0.05) is 6.07 Å². The number of hydrogen-bond donors (Lipinski definition) is 1. The number of carbonyl (C=O) groups is 1. The largest absolute Gasteiger partial charge is 0.462 e. The molecule has 2 saturated heterocycles. The summed E-state index contributed by atoms with van der Waals surface area (Å²) in [6.45, 7) is 5.24. The van der Waals surface area contributed by atoms with E-state index >= 15 is 0 Å². The van der Waals surface area contributed by atoms with E-state index in [1.54, 1.807) is 19.1 Å². The van der Waals surface area contributed by atoms with Gasteiger partial charge in [0, 0.05) is 31.6 Å². The smallest absolute Gasteiger partial charge is 0.338 e. The van der Waals surface area contributed by atoms with E-state index in [1.807, 2.05) is 12.1 Å². The van der Waals surface area contributed by atoms with Gasteiger partial charge in [0.05, 0.1) is 25.4 Å². The lowest BCUT2D eigenvalue weighted by atomic mass is 10.0. The quantitative estimate of drug-likeness (QED) is 0.654. The molecule has 6 nitrogen and oxygen atoms in total. The van der Waals surface area contributed by atoms with Crippen molar-refractivity contribution in [2.24, 2.45) is 0 Å². The molecule has 2 aliphatic heterocycles. The number of anilines is 1. The Hall–Kier alpha value is -1.70. The van der Waals surface area contributed by atoms with E-state index in [0.29, 0.717) is 17.3 Å². The maximum Gasteiger partial charge on any atom is 0.338 e. The van der Waals surface area contributed by atoms with Gasteiger partial charge >= 0.3 is 5.97 Å². The van der Waals surface area contributed by atoms with E-state index in [-0.39, 0.29) is 5.97 Å². The zero-order valence-electron chi connectivity index (χ0n) is 14.5. The first kappa shape index (κ1) is 18.1. The highest BCUT2D eigenvalue weighted by molar-refractivity contribution is 7.80. The highest BCUT2D eigenvalue weighted by Crippen LogP contribution is 2.31. The van der Waals surface area contributed by atoms with Gasteiger partial charge in [-0.15, -0.1) is 0 Å². The minimum atomic E-state index is -0.422. The van der Waals surface area contributed by atoms with Gasteiger partial charge in [-0.25, -0.2) is 4.79 Å². The Kier molecular flexibility index (Phi) is 5.88. The number of likely N-dealkylation sites (tertiary alicyclic amines) is 1. The van der Waals surface area contributed by atoms with Crippen LogP contribution in [-0.4, -0.2) is 54.7 Å². The number of nitrogens with one attached hydrogen (secondary N) is 1. The summed E-state index contributed by atoms with van der Waals surface area (Å²) in [6.07, 6.45) is 2.57. The number of piperidine rings is 1. The second-order valence-electron chi connectivity index (χ2n) is 6.18. The van der Waals surface area contributed by atoms with Crippen molar-refractivity contribution < 1.29 is 19.0 Å². The Balaban J connectivity index is 1.56. The average Bonchev–Trinajstić information content (AvgIpc) is 2.63. The average molecular weight is 364 g/mol. The standard InChI is InChI=1S/C18H24N2O4S/c1-2-22-16(21)14-5-3-6-15(13-14)19-17(25)20-9-7-18(8-10-20)23-11-4-12-24-18/h3,5-6,13H,2,4,7-12H2,1H3,(H,19,25). The Bertz CT molecular complexity index is 621. The molecule has 2 heterocycles. The summed E-state index contributed by atoms with van der Waals surface area (Å²) < 4.78 is 16.7. The molecule has 0 radical (unpaired) electrons. The van der Waals surface area contributed by atoms with Crippen molar-refractivity contribution >= 4 is 29.0 Å². The summed E-state index contributed by atoms with van der Waals surface area (Å²) in [5.41, 5.74) is 1.29. The van der Waals surface area contributed by atoms with Crippen LogP contribution in [0.15, 0.2) is 24.3 Å². The van der Waals surface area contributed by atoms with Gasteiger partial charge in [0.15, 0.2) is 10.9 Å². The number of carbonyl (C=O) groups excluding carboxylic acids is 1. The van der Waals surface area contributed by atoms with Crippen LogP contribution in [0.3, 0.4) is 0 Å². The minimum absolute atomic E-state index is 0.330. The summed E-state index contributed by atoms with van der Waals surface area (Å²) in [6, 6.07) is 7.18. The van der Waals surface area contributed by atoms with Crippen LogP contribution in [0.1, 0.15) is 36.5 Å². The fourth-order valence-corrected chi connectivity index (χ4v) is 3.40. The zero-order chi connectivity index (χ0) is 17.7. The van der Waals surface area contributed by atoms with Crippen molar-refractivity contribution in [1.29, 1.82) is 0 Å². The van der Waals surface area contributed by atoms with Gasteiger partial charge < -0.3 is 24.4 Å². The molecule has 136 valence electrons. The van der Waals surface area contributed by atoms with Crippen LogP contribution in [0.2, 0.25) is 0 Å². The first-order valence-electron chi connectivity index (χ1n) is 8.73. The molecule has 1 N–H and O–H groups in total. The zero-order valence-corrected chi connectivity index (χ0v) is 15.3. The normalized spacial score (nSPS) is 19.5. The molecular weight excluding hydrogens is 340 g/mol. The number of rotatable bonds is 3. The number of nitrogens with zero attached hydrogens (tertiary/aromatic N) is 1. The number of thiocarbonyl (C=S) groups is 1. The van der Waals surface area contributed by atoms with Crippen LogP contribution in [-0.2, 0) is 14.2 Å². The van der Waals surface area contributed by atoms with Crippen molar-refractivity contribution in [2.75, 3.05) is 38.2 Å². The number of hydrogen-bond acceptors (Lipinski definition) is 5. The molecule has 1 aromatic rings.